The molecule has 0 radical (unpaired) electrons. The molecule has 0 aliphatic heterocycles. The van der Waals surface area contributed by atoms with Crippen LogP contribution in [0.2, 0.25) is 0 Å². The molecule has 0 aromatic carbocycles. The van der Waals surface area contributed by atoms with Crippen molar-refractivity contribution in [3.8, 4) is 0 Å². The topological polar surface area (TPSA) is 75.6 Å². The van der Waals surface area contributed by atoms with Gasteiger partial charge in [-0.25, -0.2) is 13.6 Å². The SMILES string of the molecule is CC(C)(C)OC(=O)N[C@H]1[C@@H](C(=O)O)CCC1(F)F. The molecule has 0 aromatic rings. The Morgan fingerprint density at radius 2 is 1.94 bits per heavy atom. The lowest BCUT2D eigenvalue weighted by Crippen LogP contribution is -2.50. The molecular weight excluding hydrogens is 248 g/mol. The number of hydrogen-bond acceptors (Lipinski definition) is 3. The molecule has 2 atom stereocenters. The summed E-state index contributed by atoms with van der Waals surface area (Å²) in [5.41, 5.74) is -0.823. The Kier molecular flexibility index (Phi) is 3.83. The highest BCUT2D eigenvalue weighted by Gasteiger charge is 2.54. The lowest BCUT2D eigenvalue weighted by Gasteiger charge is -2.26. The van der Waals surface area contributed by atoms with E-state index in [1.807, 2.05) is 5.32 Å². The summed E-state index contributed by atoms with van der Waals surface area (Å²) in [5.74, 6) is -5.85. The van der Waals surface area contributed by atoms with Gasteiger partial charge in [-0.1, -0.05) is 0 Å². The van der Waals surface area contributed by atoms with Crippen molar-refractivity contribution in [2.24, 2.45) is 5.92 Å². The van der Waals surface area contributed by atoms with Crippen LogP contribution in [0.15, 0.2) is 0 Å². The first-order valence-corrected chi connectivity index (χ1v) is 5.63. The van der Waals surface area contributed by atoms with Gasteiger partial charge in [-0.15, -0.1) is 0 Å². The third kappa shape index (κ3) is 3.54. The Morgan fingerprint density at radius 3 is 2.39 bits per heavy atom. The number of ether oxygens (including phenoxy) is 1. The summed E-state index contributed by atoms with van der Waals surface area (Å²) in [6.45, 7) is 4.77. The van der Waals surface area contributed by atoms with Crippen LogP contribution in [0, 0.1) is 5.92 Å². The molecule has 0 aromatic heterocycles. The summed E-state index contributed by atoms with van der Waals surface area (Å²) >= 11 is 0. The molecule has 0 bridgehead atoms. The van der Waals surface area contributed by atoms with E-state index < -0.39 is 42.0 Å². The fourth-order valence-corrected chi connectivity index (χ4v) is 1.87. The zero-order chi connectivity index (χ0) is 14.1. The first-order chi connectivity index (χ1) is 8.03. The number of carbonyl (C=O) groups excluding carboxylic acids is 1. The van der Waals surface area contributed by atoms with Crippen LogP contribution in [0.4, 0.5) is 13.6 Å². The highest BCUT2D eigenvalue weighted by atomic mass is 19.3. The second-order valence-electron chi connectivity index (χ2n) is 5.37. The van der Waals surface area contributed by atoms with Crippen LogP contribution in [0.25, 0.3) is 0 Å². The van der Waals surface area contributed by atoms with Gasteiger partial charge in [0.15, 0.2) is 0 Å². The van der Waals surface area contributed by atoms with Crippen LogP contribution >= 0.6 is 0 Å². The molecule has 0 spiro atoms. The van der Waals surface area contributed by atoms with Crippen LogP contribution < -0.4 is 5.32 Å². The van der Waals surface area contributed by atoms with Crippen molar-refractivity contribution in [3.63, 3.8) is 0 Å². The van der Waals surface area contributed by atoms with Crippen molar-refractivity contribution >= 4 is 12.1 Å². The van der Waals surface area contributed by atoms with Crippen LogP contribution in [-0.2, 0) is 9.53 Å². The van der Waals surface area contributed by atoms with E-state index in [1.54, 1.807) is 20.8 Å². The van der Waals surface area contributed by atoms with Crippen LogP contribution in [0.5, 0.6) is 0 Å². The smallest absolute Gasteiger partial charge is 0.408 e. The van der Waals surface area contributed by atoms with Crippen molar-refractivity contribution in [3.05, 3.63) is 0 Å². The average Bonchev–Trinajstić information content (AvgIpc) is 2.39. The summed E-state index contributed by atoms with van der Waals surface area (Å²) in [6, 6.07) is -1.72. The molecule has 1 saturated carbocycles. The van der Waals surface area contributed by atoms with Crippen molar-refractivity contribution in [1.29, 1.82) is 0 Å². The Labute approximate surface area is 103 Å². The molecule has 5 nitrogen and oxygen atoms in total. The summed E-state index contributed by atoms with van der Waals surface area (Å²) in [4.78, 5) is 22.3. The van der Waals surface area contributed by atoms with Gasteiger partial charge in [0.2, 0.25) is 0 Å². The highest BCUT2D eigenvalue weighted by Crippen LogP contribution is 2.39. The van der Waals surface area contributed by atoms with Gasteiger partial charge >= 0.3 is 12.1 Å². The normalized spacial score (nSPS) is 26.7. The van der Waals surface area contributed by atoms with E-state index in [2.05, 4.69) is 0 Å². The minimum absolute atomic E-state index is 0.164. The van der Waals surface area contributed by atoms with E-state index in [0.717, 1.165) is 0 Å². The number of halogens is 2. The summed E-state index contributed by atoms with van der Waals surface area (Å²) in [6.07, 6.45) is -1.74. The second kappa shape index (κ2) is 4.70. The predicted octanol–water partition coefficient (Wildman–Crippen LogP) is 2.01. The number of carboxylic acids is 1. The molecule has 104 valence electrons. The molecule has 0 unspecified atom stereocenters. The number of amides is 1. The molecular formula is C11H17F2NO4. The predicted molar refractivity (Wildman–Crippen MR) is 58.5 cm³/mol. The Hall–Kier alpha value is -1.40. The fourth-order valence-electron chi connectivity index (χ4n) is 1.87. The van der Waals surface area contributed by atoms with E-state index in [9.17, 15) is 18.4 Å². The van der Waals surface area contributed by atoms with Crippen LogP contribution in [0.1, 0.15) is 33.6 Å². The van der Waals surface area contributed by atoms with Gasteiger partial charge in [-0.2, -0.15) is 0 Å². The molecule has 18 heavy (non-hydrogen) atoms. The number of carbonyl (C=O) groups is 2. The van der Waals surface area contributed by atoms with Crippen molar-refractivity contribution in [2.75, 3.05) is 0 Å². The van der Waals surface area contributed by atoms with Crippen molar-refractivity contribution < 1.29 is 28.2 Å². The second-order valence-corrected chi connectivity index (χ2v) is 5.37. The quantitative estimate of drug-likeness (QED) is 0.800. The third-order valence-corrected chi connectivity index (χ3v) is 2.64. The Balaban J connectivity index is 2.73. The van der Waals surface area contributed by atoms with E-state index >= 15 is 0 Å². The lowest BCUT2D eigenvalue weighted by molar-refractivity contribution is -0.143. The molecule has 7 heteroatoms. The molecule has 1 aliphatic carbocycles. The monoisotopic (exact) mass is 265 g/mol. The van der Waals surface area contributed by atoms with Crippen molar-refractivity contribution in [2.45, 2.75) is 51.2 Å². The van der Waals surface area contributed by atoms with E-state index in [0.29, 0.717) is 0 Å². The number of alkyl halides is 2. The van der Waals surface area contributed by atoms with Gasteiger partial charge in [0.05, 0.1) is 5.92 Å². The summed E-state index contributed by atoms with van der Waals surface area (Å²) < 4.78 is 31.8. The molecule has 1 rings (SSSR count). The highest BCUT2D eigenvalue weighted by molar-refractivity contribution is 5.74. The molecule has 0 heterocycles. The first-order valence-electron chi connectivity index (χ1n) is 5.63. The number of alkyl carbamates (subject to hydrolysis) is 1. The minimum Gasteiger partial charge on any atom is -0.481 e. The Morgan fingerprint density at radius 1 is 1.39 bits per heavy atom. The van der Waals surface area contributed by atoms with E-state index in [4.69, 9.17) is 9.84 Å². The number of aliphatic carboxylic acids is 1. The molecule has 1 amide bonds. The Bertz CT molecular complexity index is 351. The largest absolute Gasteiger partial charge is 0.481 e. The maximum Gasteiger partial charge on any atom is 0.408 e. The average molecular weight is 265 g/mol. The summed E-state index contributed by atoms with van der Waals surface area (Å²) in [5, 5.41) is 10.8. The van der Waals surface area contributed by atoms with E-state index in [-0.39, 0.29) is 6.42 Å². The molecule has 0 saturated heterocycles. The van der Waals surface area contributed by atoms with Gasteiger partial charge in [0.1, 0.15) is 11.6 Å². The van der Waals surface area contributed by atoms with Crippen LogP contribution in [0.3, 0.4) is 0 Å². The van der Waals surface area contributed by atoms with Crippen molar-refractivity contribution in [1.82, 2.24) is 5.32 Å². The van der Waals surface area contributed by atoms with E-state index in [1.165, 1.54) is 0 Å². The zero-order valence-electron chi connectivity index (χ0n) is 10.5. The minimum atomic E-state index is -3.22. The molecule has 1 aliphatic rings. The standard InChI is InChI=1S/C11H17F2NO4/c1-10(2,3)18-9(17)14-7-6(8(15)16)4-5-11(7,12)13/h6-7H,4-5H2,1-3H3,(H,14,17)(H,15,16)/t6-,7-/m0/s1. The molecule has 2 N–H and O–H groups in total. The summed E-state index contributed by atoms with van der Waals surface area (Å²) in [7, 11) is 0. The zero-order valence-corrected chi connectivity index (χ0v) is 10.5. The first kappa shape index (κ1) is 14.7. The number of carboxylic acid groups (broad SMARTS) is 1. The maximum absolute atomic E-state index is 13.5. The van der Waals surface area contributed by atoms with Gasteiger partial charge in [-0.3, -0.25) is 4.79 Å². The number of rotatable bonds is 2. The lowest BCUT2D eigenvalue weighted by atomic mass is 10.0. The number of hydrogen-bond donors (Lipinski definition) is 2. The molecule has 1 fully saturated rings. The van der Waals surface area contributed by atoms with Gasteiger partial charge in [0.25, 0.3) is 5.92 Å². The number of nitrogens with one attached hydrogen (secondary N) is 1. The van der Waals surface area contributed by atoms with Gasteiger partial charge in [0, 0.05) is 6.42 Å². The maximum atomic E-state index is 13.5. The van der Waals surface area contributed by atoms with Gasteiger partial charge in [-0.05, 0) is 27.2 Å². The van der Waals surface area contributed by atoms with Gasteiger partial charge < -0.3 is 15.2 Å². The third-order valence-electron chi connectivity index (χ3n) is 2.64. The van der Waals surface area contributed by atoms with Crippen LogP contribution in [-0.4, -0.2) is 34.7 Å². The fraction of sp³-hybridized carbons (Fsp3) is 0.818.